The summed E-state index contributed by atoms with van der Waals surface area (Å²) in [6.45, 7) is 0.310. The fourth-order valence-electron chi connectivity index (χ4n) is 3.97. The molecule has 0 spiro atoms. The third-order valence-electron chi connectivity index (χ3n) is 5.55. The minimum Gasteiger partial charge on any atom is -0.323 e. The molecular formula is C22H20F2N4O4. The van der Waals surface area contributed by atoms with Crippen LogP contribution in [-0.4, -0.2) is 46.6 Å². The molecule has 1 unspecified atom stereocenters. The molecule has 0 aromatic heterocycles. The van der Waals surface area contributed by atoms with E-state index < -0.39 is 29.6 Å². The van der Waals surface area contributed by atoms with E-state index in [4.69, 9.17) is 0 Å². The number of nitrogens with one attached hydrogen (secondary N) is 2. The summed E-state index contributed by atoms with van der Waals surface area (Å²) in [7, 11) is 1.51. The first-order valence-electron chi connectivity index (χ1n) is 9.96. The number of nitrogens with zero attached hydrogens (tertiary/aromatic N) is 2. The number of carbonyl (C=O) groups excluding carboxylic acids is 4. The highest BCUT2D eigenvalue weighted by atomic mass is 19.1. The van der Waals surface area contributed by atoms with Crippen LogP contribution in [-0.2, 0) is 22.7 Å². The van der Waals surface area contributed by atoms with E-state index in [0.29, 0.717) is 22.8 Å². The third-order valence-corrected chi connectivity index (χ3v) is 5.55. The topological polar surface area (TPSA) is 98.8 Å². The molecule has 1 atom stereocenters. The number of urea groups is 1. The van der Waals surface area contributed by atoms with Crippen molar-refractivity contribution in [3.05, 3.63) is 64.7 Å². The van der Waals surface area contributed by atoms with Crippen molar-refractivity contribution in [3.63, 3.8) is 0 Å². The first-order valence-corrected chi connectivity index (χ1v) is 9.96. The van der Waals surface area contributed by atoms with Gasteiger partial charge in [-0.3, -0.25) is 19.7 Å². The molecule has 1 saturated heterocycles. The van der Waals surface area contributed by atoms with Crippen molar-refractivity contribution >= 4 is 29.4 Å². The van der Waals surface area contributed by atoms with E-state index in [0.717, 1.165) is 12.1 Å². The Morgan fingerprint density at radius 2 is 1.91 bits per heavy atom. The fraction of sp³-hybridized carbons (Fsp3) is 0.273. The Labute approximate surface area is 182 Å². The van der Waals surface area contributed by atoms with E-state index in [1.165, 1.54) is 16.8 Å². The van der Waals surface area contributed by atoms with Gasteiger partial charge in [-0.1, -0.05) is 12.1 Å². The molecule has 32 heavy (non-hydrogen) atoms. The number of rotatable bonds is 4. The number of piperidine rings is 1. The van der Waals surface area contributed by atoms with Gasteiger partial charge in [0.15, 0.2) is 0 Å². The molecule has 2 aliphatic heterocycles. The van der Waals surface area contributed by atoms with Gasteiger partial charge in [-0.15, -0.1) is 0 Å². The van der Waals surface area contributed by atoms with Gasteiger partial charge in [0.1, 0.15) is 17.7 Å². The van der Waals surface area contributed by atoms with Crippen LogP contribution < -0.4 is 10.6 Å². The predicted octanol–water partition coefficient (Wildman–Crippen LogP) is 2.39. The summed E-state index contributed by atoms with van der Waals surface area (Å²) >= 11 is 0. The van der Waals surface area contributed by atoms with E-state index in [-0.39, 0.29) is 43.4 Å². The van der Waals surface area contributed by atoms with E-state index in [1.54, 1.807) is 18.2 Å². The smallest absolute Gasteiger partial charge is 0.321 e. The highest BCUT2D eigenvalue weighted by Gasteiger charge is 2.39. The lowest BCUT2D eigenvalue weighted by Crippen LogP contribution is -2.52. The summed E-state index contributed by atoms with van der Waals surface area (Å²) in [5.74, 6) is -2.78. The predicted molar refractivity (Wildman–Crippen MR) is 109 cm³/mol. The van der Waals surface area contributed by atoms with E-state index in [1.807, 2.05) is 0 Å². The quantitative estimate of drug-likeness (QED) is 0.711. The molecule has 8 nitrogen and oxygen atoms in total. The van der Waals surface area contributed by atoms with E-state index in [2.05, 4.69) is 10.6 Å². The molecule has 4 rings (SSSR count). The Kier molecular flexibility index (Phi) is 5.60. The van der Waals surface area contributed by atoms with Crippen molar-refractivity contribution in [3.8, 4) is 0 Å². The molecule has 0 bridgehead atoms. The van der Waals surface area contributed by atoms with E-state index >= 15 is 0 Å². The molecule has 2 heterocycles. The number of amides is 5. The number of anilines is 1. The van der Waals surface area contributed by atoms with Crippen molar-refractivity contribution in [2.24, 2.45) is 0 Å². The number of benzene rings is 2. The zero-order valence-electron chi connectivity index (χ0n) is 17.2. The maximum Gasteiger partial charge on any atom is 0.321 e. The molecule has 2 N–H and O–H groups in total. The van der Waals surface area contributed by atoms with Crippen molar-refractivity contribution in [1.82, 2.24) is 15.1 Å². The van der Waals surface area contributed by atoms with Gasteiger partial charge in [0.2, 0.25) is 11.8 Å². The third kappa shape index (κ3) is 4.16. The SMILES string of the molecule is CN(Cc1cccc2c1CN(C1CCC(=O)NC1=O)C2=O)C(=O)Nc1cc(F)cc(F)c1. The van der Waals surface area contributed by atoms with Crippen LogP contribution in [0.3, 0.4) is 0 Å². The summed E-state index contributed by atoms with van der Waals surface area (Å²) in [5, 5.41) is 4.70. The number of fused-ring (bicyclic) bond motifs is 1. The molecule has 0 saturated carbocycles. The van der Waals surface area contributed by atoms with E-state index in [9.17, 15) is 28.0 Å². The van der Waals surface area contributed by atoms with Crippen LogP contribution in [0.4, 0.5) is 19.3 Å². The molecule has 0 aliphatic carbocycles. The average molecular weight is 442 g/mol. The van der Waals surface area contributed by atoms with Gasteiger partial charge in [0.05, 0.1) is 0 Å². The first-order chi connectivity index (χ1) is 15.2. The highest BCUT2D eigenvalue weighted by Crippen LogP contribution is 2.30. The monoisotopic (exact) mass is 442 g/mol. The van der Waals surface area contributed by atoms with Gasteiger partial charge in [-0.25, -0.2) is 13.6 Å². The lowest BCUT2D eigenvalue weighted by Gasteiger charge is -2.29. The van der Waals surface area contributed by atoms with Gasteiger partial charge >= 0.3 is 6.03 Å². The van der Waals surface area contributed by atoms with Crippen molar-refractivity contribution in [2.75, 3.05) is 12.4 Å². The molecule has 166 valence electrons. The van der Waals surface area contributed by atoms with Crippen molar-refractivity contribution in [2.45, 2.75) is 32.0 Å². The normalized spacial score (nSPS) is 17.8. The standard InChI is InChI=1S/C22H20F2N4O4/c1-27(22(32)25-15-8-13(23)7-14(24)9-15)10-12-3-2-4-16-17(12)11-28(21(16)31)18-5-6-19(29)26-20(18)30/h2-4,7-9,18H,5-6,10-11H2,1H3,(H,25,32)(H,26,29,30). The summed E-state index contributed by atoms with van der Waals surface area (Å²) in [6, 6.07) is 6.51. The lowest BCUT2D eigenvalue weighted by molar-refractivity contribution is -0.136. The second-order valence-corrected chi connectivity index (χ2v) is 7.79. The van der Waals surface area contributed by atoms with Crippen LogP contribution >= 0.6 is 0 Å². The largest absolute Gasteiger partial charge is 0.323 e. The molecular weight excluding hydrogens is 422 g/mol. The van der Waals surface area contributed by atoms with Crippen molar-refractivity contribution in [1.29, 1.82) is 0 Å². The Hall–Kier alpha value is -3.82. The number of hydrogen-bond donors (Lipinski definition) is 2. The van der Waals surface area contributed by atoms with Crippen molar-refractivity contribution < 1.29 is 28.0 Å². The van der Waals surface area contributed by atoms with Crippen LogP contribution in [0.1, 0.15) is 34.3 Å². The molecule has 2 aliphatic rings. The number of halogens is 2. The Bertz CT molecular complexity index is 1120. The Morgan fingerprint density at radius 1 is 1.19 bits per heavy atom. The van der Waals surface area contributed by atoms with Crippen LogP contribution in [0.5, 0.6) is 0 Å². The van der Waals surface area contributed by atoms with Crippen LogP contribution in [0.25, 0.3) is 0 Å². The maximum atomic E-state index is 13.4. The maximum absolute atomic E-state index is 13.4. The number of hydrogen-bond acceptors (Lipinski definition) is 4. The molecule has 5 amide bonds. The summed E-state index contributed by atoms with van der Waals surface area (Å²) in [4.78, 5) is 51.8. The second kappa shape index (κ2) is 8.37. The first kappa shape index (κ1) is 21.4. The lowest BCUT2D eigenvalue weighted by atomic mass is 10.0. The average Bonchev–Trinajstić information content (AvgIpc) is 3.05. The zero-order valence-corrected chi connectivity index (χ0v) is 17.2. The van der Waals surface area contributed by atoms with Gasteiger partial charge < -0.3 is 15.1 Å². The second-order valence-electron chi connectivity index (χ2n) is 7.79. The van der Waals surface area contributed by atoms with Gasteiger partial charge in [0, 0.05) is 43.9 Å². The molecule has 10 heteroatoms. The van der Waals surface area contributed by atoms with Crippen LogP contribution in [0.2, 0.25) is 0 Å². The molecule has 1 fully saturated rings. The van der Waals surface area contributed by atoms with Gasteiger partial charge in [-0.2, -0.15) is 0 Å². The van der Waals surface area contributed by atoms with Gasteiger partial charge in [0.25, 0.3) is 5.91 Å². The highest BCUT2D eigenvalue weighted by molar-refractivity contribution is 6.05. The number of imide groups is 1. The van der Waals surface area contributed by atoms with Crippen LogP contribution in [0, 0.1) is 11.6 Å². The number of carbonyl (C=O) groups is 4. The summed E-state index contributed by atoms with van der Waals surface area (Å²) in [5.41, 5.74) is 1.82. The fourth-order valence-corrected chi connectivity index (χ4v) is 3.97. The molecule has 0 radical (unpaired) electrons. The summed E-state index contributed by atoms with van der Waals surface area (Å²) < 4.78 is 26.7. The zero-order chi connectivity index (χ0) is 23.0. The molecule has 2 aromatic rings. The molecule has 2 aromatic carbocycles. The minimum atomic E-state index is -0.809. The minimum absolute atomic E-state index is 0.0168. The van der Waals surface area contributed by atoms with Gasteiger partial charge in [-0.05, 0) is 35.7 Å². The van der Waals surface area contributed by atoms with Crippen LogP contribution in [0.15, 0.2) is 36.4 Å². The summed E-state index contributed by atoms with van der Waals surface area (Å²) in [6.07, 6.45) is 0.416. The Balaban J connectivity index is 1.49. The Morgan fingerprint density at radius 3 is 2.59 bits per heavy atom.